The van der Waals surface area contributed by atoms with Gasteiger partial charge in [-0.15, -0.1) is 0 Å². The third kappa shape index (κ3) is 20.4. The fourth-order valence-corrected chi connectivity index (χ4v) is 3.97. The lowest BCUT2D eigenvalue weighted by molar-refractivity contribution is -0.139. The average Bonchev–Trinajstić information content (AvgIpc) is 2.80. The smallest absolute Gasteiger partial charge is 0.462 e. The van der Waals surface area contributed by atoms with E-state index in [-0.39, 0.29) is 5.97 Å². The Hall–Kier alpha value is -0.680. The van der Waals surface area contributed by atoms with Crippen molar-refractivity contribution in [2.75, 3.05) is 19.8 Å². The highest BCUT2D eigenvalue weighted by molar-refractivity contribution is 7.47. The molecule has 6 nitrogen and oxygen atoms in total. The average molecular weight is 493 g/mol. The second-order valence-electron chi connectivity index (χ2n) is 8.55. The summed E-state index contributed by atoms with van der Waals surface area (Å²) >= 11 is 0. The van der Waals surface area contributed by atoms with Crippen molar-refractivity contribution in [3.63, 3.8) is 0 Å². The quantitative estimate of drug-likeness (QED) is 0.0846. The summed E-state index contributed by atoms with van der Waals surface area (Å²) in [5.74, 6) is 0.528. The van der Waals surface area contributed by atoms with Crippen LogP contribution in [0, 0.1) is 11.8 Å². The monoisotopic (exact) mass is 492 g/mol. The summed E-state index contributed by atoms with van der Waals surface area (Å²) in [5.41, 5.74) is 0.770. The summed E-state index contributed by atoms with van der Waals surface area (Å²) < 4.78 is 27.3. The van der Waals surface area contributed by atoms with Gasteiger partial charge in [-0.25, -0.2) is 9.36 Å². The van der Waals surface area contributed by atoms with Crippen LogP contribution in [-0.2, 0) is 23.1 Å². The second-order valence-corrected chi connectivity index (χ2v) is 10.0. The maximum atomic E-state index is 11.9. The van der Waals surface area contributed by atoms with Crippen molar-refractivity contribution in [1.29, 1.82) is 0 Å². The number of ether oxygens (including phenoxy) is 1. The molecule has 0 aromatic carbocycles. The molecular weight excluding hydrogens is 439 g/mol. The zero-order valence-electron chi connectivity index (χ0n) is 22.6. The molecule has 2 unspecified atom stereocenters. The minimum atomic E-state index is -3.89. The number of allylic oxidation sites excluding steroid dienone is 1. The predicted molar refractivity (Wildman–Crippen MR) is 138 cm³/mol. The van der Waals surface area contributed by atoms with Gasteiger partial charge >= 0.3 is 13.8 Å². The molecule has 0 bridgehead atoms. The molecule has 0 fully saturated rings. The number of phosphoric ester groups is 1. The van der Waals surface area contributed by atoms with Crippen LogP contribution in [0.1, 0.15) is 119 Å². The number of hydrogen-bond acceptors (Lipinski definition) is 5. The van der Waals surface area contributed by atoms with E-state index in [0.717, 1.165) is 76.2 Å². The molecule has 0 rings (SSSR count). The number of esters is 1. The zero-order chi connectivity index (χ0) is 25.5. The summed E-state index contributed by atoms with van der Waals surface area (Å²) in [7, 11) is -3.89. The van der Waals surface area contributed by atoms with Crippen LogP contribution in [-0.4, -0.2) is 30.7 Å². The first kappa shape index (κ1) is 34.5. The largest absolute Gasteiger partial charge is 0.472 e. The molecule has 0 aliphatic carbocycles. The van der Waals surface area contributed by atoms with Gasteiger partial charge in [0.2, 0.25) is 0 Å². The Bertz CT molecular complexity index is 511. The molecule has 0 radical (unpaired) electrons. The third-order valence-corrected chi connectivity index (χ3v) is 6.71. The van der Waals surface area contributed by atoms with E-state index < -0.39 is 7.82 Å². The lowest BCUT2D eigenvalue weighted by Gasteiger charge is -2.20. The van der Waals surface area contributed by atoms with E-state index in [0.29, 0.717) is 31.7 Å². The summed E-state index contributed by atoms with van der Waals surface area (Å²) in [6, 6.07) is 0. The van der Waals surface area contributed by atoms with E-state index in [2.05, 4.69) is 34.6 Å². The summed E-state index contributed by atoms with van der Waals surface area (Å²) in [6.07, 6.45) is 13.1. The number of carbonyl (C=O) groups excluding carboxylic acids is 1. The Labute approximate surface area is 204 Å². The van der Waals surface area contributed by atoms with Gasteiger partial charge < -0.3 is 9.63 Å². The fourth-order valence-electron chi connectivity index (χ4n) is 3.10. The Morgan fingerprint density at radius 2 is 1.30 bits per heavy atom. The first-order valence-corrected chi connectivity index (χ1v) is 14.7. The van der Waals surface area contributed by atoms with Crippen molar-refractivity contribution in [3.8, 4) is 0 Å². The molecule has 0 saturated heterocycles. The van der Waals surface area contributed by atoms with Crippen LogP contribution in [0.15, 0.2) is 11.6 Å². The van der Waals surface area contributed by atoms with Gasteiger partial charge in [0.1, 0.15) is 0 Å². The first-order chi connectivity index (χ1) is 15.7. The van der Waals surface area contributed by atoms with Gasteiger partial charge in [0.15, 0.2) is 0 Å². The molecule has 33 heavy (non-hydrogen) atoms. The maximum absolute atomic E-state index is 11.9. The first-order valence-electron chi connectivity index (χ1n) is 13.2. The molecule has 0 aliphatic heterocycles. The zero-order valence-corrected chi connectivity index (χ0v) is 23.5. The number of phosphoric acid groups is 1. The Morgan fingerprint density at radius 3 is 1.64 bits per heavy atom. The molecule has 2 atom stereocenters. The topological polar surface area (TPSA) is 82.1 Å². The maximum Gasteiger partial charge on any atom is 0.472 e. The molecule has 0 saturated carbocycles. The van der Waals surface area contributed by atoms with Crippen LogP contribution in [0.3, 0.4) is 0 Å². The van der Waals surface area contributed by atoms with Gasteiger partial charge in [-0.05, 0) is 44.4 Å². The van der Waals surface area contributed by atoms with Crippen LogP contribution < -0.4 is 0 Å². The number of carbonyl (C=O) groups is 1. The fraction of sp³-hybridized carbons (Fsp3) is 0.885. The molecular formula is C26H53O6P. The summed E-state index contributed by atoms with van der Waals surface area (Å²) in [6.45, 7) is 15.5. The van der Waals surface area contributed by atoms with Crippen molar-refractivity contribution in [3.05, 3.63) is 11.6 Å². The van der Waals surface area contributed by atoms with Crippen molar-refractivity contribution >= 4 is 13.8 Å². The molecule has 198 valence electrons. The highest BCUT2D eigenvalue weighted by Crippen LogP contribution is 2.44. The summed E-state index contributed by atoms with van der Waals surface area (Å²) in [4.78, 5) is 21.0. The molecule has 0 aliphatic rings. The highest BCUT2D eigenvalue weighted by Gasteiger charge is 2.24. The molecule has 7 heteroatoms. The van der Waals surface area contributed by atoms with Gasteiger partial charge in [-0.3, -0.25) is 9.05 Å². The SMILES string of the molecule is CC=C(CC)C(=O)OCCCC.CCCCC(CC)COP(=O)(O)OCC(CC)CCCC. The van der Waals surface area contributed by atoms with Gasteiger partial charge in [-0.2, -0.15) is 0 Å². The Morgan fingerprint density at radius 1 is 0.848 bits per heavy atom. The number of rotatable bonds is 19. The second kappa shape index (κ2) is 23.1. The normalized spacial score (nSPS) is 15.2. The Balaban J connectivity index is 0. The molecule has 0 amide bonds. The molecule has 0 aromatic heterocycles. The molecule has 1 N–H and O–H groups in total. The molecule has 0 spiro atoms. The number of unbranched alkanes of at least 4 members (excludes halogenated alkanes) is 3. The van der Waals surface area contributed by atoms with Crippen molar-refractivity contribution in [2.45, 2.75) is 119 Å². The van der Waals surface area contributed by atoms with Gasteiger partial charge in [-0.1, -0.05) is 92.6 Å². The van der Waals surface area contributed by atoms with Gasteiger partial charge in [0.05, 0.1) is 19.8 Å². The highest BCUT2D eigenvalue weighted by atomic mass is 31.2. The van der Waals surface area contributed by atoms with Gasteiger partial charge in [0, 0.05) is 5.57 Å². The number of hydrogen-bond donors (Lipinski definition) is 1. The molecule has 0 aromatic rings. The van der Waals surface area contributed by atoms with Crippen LogP contribution in [0.2, 0.25) is 0 Å². The predicted octanol–water partition coefficient (Wildman–Crippen LogP) is 8.24. The van der Waals surface area contributed by atoms with E-state index >= 15 is 0 Å². The minimum Gasteiger partial charge on any atom is -0.462 e. The molecule has 0 heterocycles. The lowest BCUT2D eigenvalue weighted by atomic mass is 10.0. The standard InChI is InChI=1S/C16H35O4P.C10H18O2/c1-5-9-11-15(7-3)13-19-21(17,18)20-14-16(8-4)12-10-6-2;1-4-7-8-12-10(11)9(5-2)6-3/h15-16H,5-14H2,1-4H3,(H,17,18);5H,4,6-8H2,1-3H3. The van der Waals surface area contributed by atoms with Crippen LogP contribution >= 0.6 is 7.82 Å². The van der Waals surface area contributed by atoms with E-state index in [1.54, 1.807) is 0 Å². The van der Waals surface area contributed by atoms with Crippen molar-refractivity contribution in [2.24, 2.45) is 11.8 Å². The van der Waals surface area contributed by atoms with Crippen LogP contribution in [0.4, 0.5) is 0 Å². The van der Waals surface area contributed by atoms with Crippen molar-refractivity contribution in [1.82, 2.24) is 0 Å². The van der Waals surface area contributed by atoms with E-state index in [1.807, 2.05) is 19.9 Å². The summed E-state index contributed by atoms with van der Waals surface area (Å²) in [5, 5.41) is 0. The van der Waals surface area contributed by atoms with E-state index in [4.69, 9.17) is 13.8 Å². The Kier molecular flexibility index (Phi) is 24.1. The van der Waals surface area contributed by atoms with Crippen LogP contribution in [0.25, 0.3) is 0 Å². The van der Waals surface area contributed by atoms with E-state index in [1.165, 1.54) is 0 Å². The van der Waals surface area contributed by atoms with Crippen molar-refractivity contribution < 1.29 is 28.0 Å². The van der Waals surface area contributed by atoms with E-state index in [9.17, 15) is 14.3 Å². The van der Waals surface area contributed by atoms with Crippen LogP contribution in [0.5, 0.6) is 0 Å². The minimum absolute atomic E-state index is 0.159. The lowest BCUT2D eigenvalue weighted by Crippen LogP contribution is -2.12. The third-order valence-electron chi connectivity index (χ3n) is 5.76. The van der Waals surface area contributed by atoms with Gasteiger partial charge in [0.25, 0.3) is 0 Å².